The van der Waals surface area contributed by atoms with Crippen molar-refractivity contribution in [2.24, 2.45) is 0 Å². The van der Waals surface area contributed by atoms with Crippen molar-refractivity contribution in [3.05, 3.63) is 108 Å². The first-order chi connectivity index (χ1) is 22.8. The van der Waals surface area contributed by atoms with Crippen LogP contribution < -0.4 is 10.6 Å². The van der Waals surface area contributed by atoms with Gasteiger partial charge in [-0.15, -0.1) is 0 Å². The SMILES string of the molecule is Cc1ccccc1-c1ccc(NC(=O)NC(Cc2ccc(-c3noc(-c4ccc(CC(=O)OC(C)(C)C)cc4)n3)c(F)c2)C(=O)O)nc1. The van der Waals surface area contributed by atoms with Crippen LogP contribution in [0, 0.1) is 12.7 Å². The summed E-state index contributed by atoms with van der Waals surface area (Å²) >= 11 is 0. The number of hydrogen-bond acceptors (Lipinski definition) is 8. The molecule has 0 aliphatic carbocycles. The van der Waals surface area contributed by atoms with Crippen LogP contribution in [0.25, 0.3) is 34.0 Å². The number of urea groups is 1. The first-order valence-electron chi connectivity index (χ1n) is 15.1. The molecule has 0 aliphatic heterocycles. The number of anilines is 1. The van der Waals surface area contributed by atoms with E-state index in [2.05, 4.69) is 25.8 Å². The molecule has 0 fully saturated rings. The largest absolute Gasteiger partial charge is 0.480 e. The number of rotatable bonds is 10. The van der Waals surface area contributed by atoms with E-state index in [9.17, 15) is 19.5 Å². The van der Waals surface area contributed by atoms with Gasteiger partial charge in [0.2, 0.25) is 5.82 Å². The molecule has 2 heterocycles. The predicted molar refractivity (Wildman–Crippen MR) is 176 cm³/mol. The van der Waals surface area contributed by atoms with Crippen LogP contribution in [-0.2, 0) is 27.2 Å². The number of carboxylic acid groups (broad SMARTS) is 1. The van der Waals surface area contributed by atoms with Crippen LogP contribution in [0.3, 0.4) is 0 Å². The number of nitrogens with zero attached hydrogens (tertiary/aromatic N) is 3. The van der Waals surface area contributed by atoms with Gasteiger partial charge in [0.1, 0.15) is 23.3 Å². The molecule has 5 aromatic rings. The number of aliphatic carboxylic acids is 1. The number of esters is 1. The number of ether oxygens (including phenoxy) is 1. The van der Waals surface area contributed by atoms with Crippen molar-refractivity contribution in [1.29, 1.82) is 0 Å². The van der Waals surface area contributed by atoms with E-state index in [-0.39, 0.29) is 41.9 Å². The Kier molecular flexibility index (Phi) is 9.93. The van der Waals surface area contributed by atoms with E-state index in [1.807, 2.05) is 31.2 Å². The van der Waals surface area contributed by atoms with Crippen LogP contribution in [0.4, 0.5) is 15.0 Å². The Morgan fingerprint density at radius 1 is 0.938 bits per heavy atom. The summed E-state index contributed by atoms with van der Waals surface area (Å²) in [6.07, 6.45) is 1.54. The number of aryl methyl sites for hydroxylation is 1. The summed E-state index contributed by atoms with van der Waals surface area (Å²) in [6.45, 7) is 7.39. The quantitative estimate of drug-likeness (QED) is 0.141. The maximum absolute atomic E-state index is 15.2. The van der Waals surface area contributed by atoms with E-state index in [1.165, 1.54) is 12.1 Å². The van der Waals surface area contributed by atoms with Gasteiger partial charge in [0.25, 0.3) is 5.89 Å². The summed E-state index contributed by atoms with van der Waals surface area (Å²) in [7, 11) is 0. The Bertz CT molecular complexity index is 1930. The zero-order valence-electron chi connectivity index (χ0n) is 26.8. The van der Waals surface area contributed by atoms with Crippen LogP contribution in [0.2, 0.25) is 0 Å². The highest BCUT2D eigenvalue weighted by Gasteiger charge is 2.23. The second-order valence-electron chi connectivity index (χ2n) is 12.1. The molecule has 0 bridgehead atoms. The molecule has 48 heavy (non-hydrogen) atoms. The summed E-state index contributed by atoms with van der Waals surface area (Å²) < 4.78 is 25.9. The lowest BCUT2D eigenvalue weighted by Gasteiger charge is -2.19. The average molecular weight is 652 g/mol. The zero-order chi connectivity index (χ0) is 34.4. The Morgan fingerprint density at radius 3 is 2.29 bits per heavy atom. The molecule has 11 nitrogen and oxygen atoms in total. The van der Waals surface area contributed by atoms with Crippen molar-refractivity contribution in [2.75, 3.05) is 5.32 Å². The smallest absolute Gasteiger partial charge is 0.326 e. The number of carbonyl (C=O) groups is 3. The van der Waals surface area contributed by atoms with E-state index < -0.39 is 29.5 Å². The Balaban J connectivity index is 1.20. The third kappa shape index (κ3) is 8.66. The van der Waals surface area contributed by atoms with Gasteiger partial charge in [-0.2, -0.15) is 4.98 Å². The molecule has 1 atom stereocenters. The highest BCUT2D eigenvalue weighted by atomic mass is 19.1. The number of halogens is 1. The summed E-state index contributed by atoms with van der Waals surface area (Å²) in [5, 5.41) is 18.6. The van der Waals surface area contributed by atoms with E-state index in [4.69, 9.17) is 9.26 Å². The van der Waals surface area contributed by atoms with Gasteiger partial charge in [-0.25, -0.2) is 19.0 Å². The molecular formula is C36H34FN5O6. The standard InChI is InChI=1S/C36H34FN5O6/c1-21-7-5-6-8-26(21)25-14-16-30(38-20-25)40-35(46)39-29(34(44)45)18-23-11-15-27(28(37)17-23)32-41-33(48-42-32)24-12-9-22(10-13-24)19-31(43)47-36(2,3)4/h5-17,20,29H,18-19H2,1-4H3,(H,44,45)(H2,38,39,40,46). The average Bonchev–Trinajstić information content (AvgIpc) is 3.51. The molecule has 0 saturated carbocycles. The van der Waals surface area contributed by atoms with Crippen molar-refractivity contribution in [1.82, 2.24) is 20.4 Å². The molecular weight excluding hydrogens is 617 g/mol. The van der Waals surface area contributed by atoms with Gasteiger partial charge in [0, 0.05) is 23.7 Å². The van der Waals surface area contributed by atoms with Gasteiger partial charge >= 0.3 is 18.0 Å². The van der Waals surface area contributed by atoms with Crippen LogP contribution >= 0.6 is 0 Å². The Hall–Kier alpha value is -5.91. The highest BCUT2D eigenvalue weighted by molar-refractivity contribution is 5.91. The molecule has 3 aromatic carbocycles. The maximum atomic E-state index is 15.2. The molecule has 1 unspecified atom stereocenters. The minimum Gasteiger partial charge on any atom is -0.480 e. The van der Waals surface area contributed by atoms with Crippen LogP contribution in [0.1, 0.15) is 37.5 Å². The molecule has 12 heteroatoms. The van der Waals surface area contributed by atoms with E-state index in [0.717, 1.165) is 28.3 Å². The fourth-order valence-corrected chi connectivity index (χ4v) is 4.90. The number of carbonyl (C=O) groups excluding carboxylic acids is 2. The molecule has 0 aliphatic rings. The Labute approximate surface area is 276 Å². The molecule has 0 saturated heterocycles. The molecule has 5 rings (SSSR count). The monoisotopic (exact) mass is 651 g/mol. The second kappa shape index (κ2) is 14.2. The lowest BCUT2D eigenvalue weighted by Crippen LogP contribution is -2.44. The number of pyridine rings is 1. The number of nitrogens with one attached hydrogen (secondary N) is 2. The van der Waals surface area contributed by atoms with E-state index in [0.29, 0.717) is 11.1 Å². The highest BCUT2D eigenvalue weighted by Crippen LogP contribution is 2.26. The van der Waals surface area contributed by atoms with Gasteiger partial charge in [0.05, 0.1) is 12.0 Å². The van der Waals surface area contributed by atoms with Crippen molar-refractivity contribution in [3.63, 3.8) is 0 Å². The van der Waals surface area contributed by atoms with Crippen molar-refractivity contribution in [3.8, 4) is 34.0 Å². The molecule has 0 radical (unpaired) electrons. The maximum Gasteiger partial charge on any atom is 0.326 e. The van der Waals surface area contributed by atoms with Crippen LogP contribution in [-0.4, -0.2) is 49.8 Å². The minimum atomic E-state index is -1.35. The fraction of sp³-hybridized carbons (Fsp3) is 0.222. The van der Waals surface area contributed by atoms with Gasteiger partial charge in [-0.3, -0.25) is 10.1 Å². The summed E-state index contributed by atoms with van der Waals surface area (Å²) in [5.41, 5.74) is 4.07. The van der Waals surface area contributed by atoms with Crippen LogP contribution in [0.5, 0.6) is 0 Å². The lowest BCUT2D eigenvalue weighted by molar-refractivity contribution is -0.154. The molecule has 2 amide bonds. The summed E-state index contributed by atoms with van der Waals surface area (Å²) in [4.78, 5) is 45.3. The third-order valence-corrected chi connectivity index (χ3v) is 7.17. The lowest BCUT2D eigenvalue weighted by atomic mass is 10.0. The van der Waals surface area contributed by atoms with E-state index >= 15 is 4.39 Å². The van der Waals surface area contributed by atoms with Crippen molar-refractivity contribution in [2.45, 2.75) is 52.2 Å². The zero-order valence-corrected chi connectivity index (χ0v) is 26.8. The summed E-state index contributed by atoms with van der Waals surface area (Å²) in [5.74, 6) is -1.95. The van der Waals surface area contributed by atoms with Gasteiger partial charge in [-0.05, 0) is 86.3 Å². The topological polar surface area (TPSA) is 157 Å². The van der Waals surface area contributed by atoms with Crippen molar-refractivity contribution >= 4 is 23.8 Å². The third-order valence-electron chi connectivity index (χ3n) is 7.17. The van der Waals surface area contributed by atoms with Crippen LogP contribution in [0.15, 0.2) is 89.6 Å². The first-order valence-corrected chi connectivity index (χ1v) is 15.1. The number of amides is 2. The van der Waals surface area contributed by atoms with Crippen molar-refractivity contribution < 1.29 is 33.1 Å². The normalized spacial score (nSPS) is 11.9. The fourth-order valence-electron chi connectivity index (χ4n) is 4.90. The van der Waals surface area contributed by atoms with Gasteiger partial charge in [0.15, 0.2) is 0 Å². The Morgan fingerprint density at radius 2 is 1.65 bits per heavy atom. The predicted octanol–water partition coefficient (Wildman–Crippen LogP) is 6.61. The molecule has 0 spiro atoms. The molecule has 246 valence electrons. The second-order valence-corrected chi connectivity index (χ2v) is 12.1. The number of hydrogen-bond donors (Lipinski definition) is 3. The number of carboxylic acids is 1. The molecule has 2 aromatic heterocycles. The number of benzene rings is 3. The summed E-state index contributed by atoms with van der Waals surface area (Å²) in [6, 6.07) is 20.1. The van der Waals surface area contributed by atoms with Gasteiger partial charge in [-0.1, -0.05) is 47.6 Å². The molecule has 3 N–H and O–H groups in total. The van der Waals surface area contributed by atoms with E-state index in [1.54, 1.807) is 63.4 Å². The number of aromatic nitrogens is 3. The minimum absolute atomic E-state index is 0.000104. The van der Waals surface area contributed by atoms with Gasteiger partial charge < -0.3 is 19.7 Å². The first kappa shape index (κ1) is 33.5.